The van der Waals surface area contributed by atoms with Gasteiger partial charge in [0.15, 0.2) is 0 Å². The summed E-state index contributed by atoms with van der Waals surface area (Å²) in [5.41, 5.74) is 1.23. The summed E-state index contributed by atoms with van der Waals surface area (Å²) >= 11 is 1.65. The molecule has 0 aromatic carbocycles. The quantitative estimate of drug-likeness (QED) is 0.800. The van der Waals surface area contributed by atoms with Crippen LogP contribution in [0.25, 0.3) is 0 Å². The summed E-state index contributed by atoms with van der Waals surface area (Å²) in [6.07, 6.45) is 2.36. The lowest BCUT2D eigenvalue weighted by molar-refractivity contribution is 0.576. The number of hydrogen-bond acceptors (Lipinski definition) is 4. The van der Waals surface area contributed by atoms with Gasteiger partial charge in [-0.2, -0.15) is 0 Å². The first-order valence-corrected chi connectivity index (χ1v) is 8.70. The zero-order chi connectivity index (χ0) is 13.2. The Hall–Kier alpha value is -0.430. The van der Waals surface area contributed by atoms with Crippen LogP contribution in [0.15, 0.2) is 6.07 Å². The van der Waals surface area contributed by atoms with Gasteiger partial charge >= 0.3 is 0 Å². The highest BCUT2D eigenvalue weighted by atomic mass is 32.2. The molecule has 1 fully saturated rings. The molecule has 1 aliphatic carbocycles. The molecule has 0 saturated heterocycles. The predicted molar refractivity (Wildman–Crippen MR) is 75.4 cm³/mol. The maximum absolute atomic E-state index is 11.8. The second-order valence-electron chi connectivity index (χ2n) is 4.82. The summed E-state index contributed by atoms with van der Waals surface area (Å²) in [6.45, 7) is 5.05. The van der Waals surface area contributed by atoms with Gasteiger partial charge in [-0.25, -0.2) is 13.1 Å². The topological polar surface area (TPSA) is 58.2 Å². The fourth-order valence-electron chi connectivity index (χ4n) is 1.67. The normalized spacial score (nSPS) is 16.1. The predicted octanol–water partition coefficient (Wildman–Crippen LogP) is 1.54. The van der Waals surface area contributed by atoms with Crippen LogP contribution in [-0.4, -0.2) is 26.8 Å². The van der Waals surface area contributed by atoms with E-state index in [1.54, 1.807) is 11.3 Å². The highest BCUT2D eigenvalue weighted by Gasteiger charge is 2.21. The van der Waals surface area contributed by atoms with E-state index in [1.807, 2.05) is 13.0 Å². The van der Waals surface area contributed by atoms with E-state index in [9.17, 15) is 8.42 Å². The minimum Gasteiger partial charge on any atom is -0.313 e. The van der Waals surface area contributed by atoms with Crippen LogP contribution in [-0.2, 0) is 16.6 Å². The summed E-state index contributed by atoms with van der Waals surface area (Å²) in [5, 5.41) is 3.21. The highest BCUT2D eigenvalue weighted by molar-refractivity contribution is 7.89. The maximum atomic E-state index is 11.8. The van der Waals surface area contributed by atoms with Crippen molar-refractivity contribution in [2.24, 2.45) is 0 Å². The lowest BCUT2D eigenvalue weighted by atomic mass is 10.3. The van der Waals surface area contributed by atoms with E-state index in [4.69, 9.17) is 0 Å². The molecule has 0 radical (unpaired) electrons. The van der Waals surface area contributed by atoms with Crippen LogP contribution in [0.4, 0.5) is 0 Å². The number of hydrogen-bond donors (Lipinski definition) is 2. The van der Waals surface area contributed by atoms with Gasteiger partial charge in [-0.1, -0.05) is 0 Å². The molecule has 1 heterocycles. The third-order valence-electron chi connectivity index (χ3n) is 3.06. The fraction of sp³-hybridized carbons (Fsp3) is 0.667. The number of thiophene rings is 1. The van der Waals surface area contributed by atoms with Gasteiger partial charge in [0.2, 0.25) is 10.0 Å². The highest BCUT2D eigenvalue weighted by Crippen LogP contribution is 2.20. The molecule has 102 valence electrons. The van der Waals surface area contributed by atoms with E-state index in [0.717, 1.165) is 4.88 Å². The number of aryl methyl sites for hydroxylation is 2. The molecule has 0 amide bonds. The van der Waals surface area contributed by atoms with E-state index in [1.165, 1.54) is 23.3 Å². The summed E-state index contributed by atoms with van der Waals surface area (Å²) in [6, 6.07) is 2.60. The van der Waals surface area contributed by atoms with Gasteiger partial charge in [0.1, 0.15) is 0 Å². The maximum Gasteiger partial charge on any atom is 0.213 e. The monoisotopic (exact) mass is 288 g/mol. The molecule has 1 aromatic heterocycles. The molecule has 0 aliphatic heterocycles. The Kier molecular flexibility index (Phi) is 4.42. The van der Waals surface area contributed by atoms with Crippen LogP contribution in [0.3, 0.4) is 0 Å². The lowest BCUT2D eigenvalue weighted by Gasteiger charge is -2.06. The summed E-state index contributed by atoms with van der Waals surface area (Å²) in [5.74, 6) is 0.160. The minimum atomic E-state index is -3.16. The van der Waals surface area contributed by atoms with Crippen LogP contribution in [0, 0.1) is 13.8 Å². The van der Waals surface area contributed by atoms with Crippen molar-refractivity contribution in [3.8, 4) is 0 Å². The molecule has 18 heavy (non-hydrogen) atoms. The molecule has 2 rings (SSSR count). The van der Waals surface area contributed by atoms with Crippen molar-refractivity contribution in [2.75, 3.05) is 12.3 Å². The van der Waals surface area contributed by atoms with E-state index < -0.39 is 10.0 Å². The van der Waals surface area contributed by atoms with E-state index in [2.05, 4.69) is 17.0 Å². The van der Waals surface area contributed by atoms with Crippen molar-refractivity contribution in [2.45, 2.75) is 39.3 Å². The first-order chi connectivity index (χ1) is 8.46. The van der Waals surface area contributed by atoms with Gasteiger partial charge in [-0.05, 0) is 38.3 Å². The molecular formula is C12H20N2O2S2. The molecule has 0 unspecified atom stereocenters. The van der Waals surface area contributed by atoms with Crippen molar-refractivity contribution in [3.05, 3.63) is 21.4 Å². The van der Waals surface area contributed by atoms with Gasteiger partial charge < -0.3 is 5.32 Å². The van der Waals surface area contributed by atoms with Gasteiger partial charge in [0.05, 0.1) is 5.75 Å². The molecule has 0 spiro atoms. The molecular weight excluding hydrogens is 268 g/mol. The van der Waals surface area contributed by atoms with Crippen LogP contribution < -0.4 is 10.0 Å². The van der Waals surface area contributed by atoms with E-state index in [-0.39, 0.29) is 5.75 Å². The van der Waals surface area contributed by atoms with Gasteiger partial charge in [-0.15, -0.1) is 11.3 Å². The Morgan fingerprint density at radius 3 is 2.67 bits per heavy atom. The van der Waals surface area contributed by atoms with Crippen LogP contribution in [0.2, 0.25) is 0 Å². The van der Waals surface area contributed by atoms with Crippen molar-refractivity contribution < 1.29 is 8.42 Å². The summed E-state index contributed by atoms with van der Waals surface area (Å²) < 4.78 is 26.2. The van der Waals surface area contributed by atoms with Gasteiger partial charge in [0, 0.05) is 28.9 Å². The van der Waals surface area contributed by atoms with Crippen LogP contribution in [0.5, 0.6) is 0 Å². The summed E-state index contributed by atoms with van der Waals surface area (Å²) in [4.78, 5) is 2.32. The zero-order valence-corrected chi connectivity index (χ0v) is 12.5. The van der Waals surface area contributed by atoms with Gasteiger partial charge in [-0.3, -0.25) is 0 Å². The fourth-order valence-corrected chi connectivity index (χ4v) is 3.67. The van der Waals surface area contributed by atoms with Crippen molar-refractivity contribution >= 4 is 21.4 Å². The van der Waals surface area contributed by atoms with Gasteiger partial charge in [0.25, 0.3) is 0 Å². The van der Waals surface area contributed by atoms with E-state index >= 15 is 0 Å². The lowest BCUT2D eigenvalue weighted by Crippen LogP contribution is -2.32. The molecule has 1 saturated carbocycles. The zero-order valence-electron chi connectivity index (χ0n) is 10.8. The third kappa shape index (κ3) is 4.35. The van der Waals surface area contributed by atoms with Crippen LogP contribution >= 0.6 is 11.3 Å². The third-order valence-corrected chi connectivity index (χ3v) is 5.54. The Morgan fingerprint density at radius 1 is 1.39 bits per heavy atom. The Labute approximate surface area is 113 Å². The molecule has 1 aromatic rings. The molecule has 1 aliphatic rings. The van der Waals surface area contributed by atoms with Crippen molar-refractivity contribution in [1.29, 1.82) is 0 Å². The number of nitrogens with one attached hydrogen (secondary N) is 2. The molecule has 6 heteroatoms. The minimum absolute atomic E-state index is 0.160. The largest absolute Gasteiger partial charge is 0.313 e. The standard InChI is InChI=1S/C12H20N2O2S2/c1-9-7-12(17-10(9)2)8-14-18(15,16)6-5-13-11-3-4-11/h7,11,13-14H,3-6,8H2,1-2H3. The van der Waals surface area contributed by atoms with Crippen molar-refractivity contribution in [3.63, 3.8) is 0 Å². The molecule has 0 bridgehead atoms. The Morgan fingerprint density at radius 2 is 2.11 bits per heavy atom. The average Bonchev–Trinajstić information content (AvgIpc) is 3.04. The first-order valence-electron chi connectivity index (χ1n) is 6.23. The smallest absolute Gasteiger partial charge is 0.213 e. The summed E-state index contributed by atoms with van der Waals surface area (Å²) in [7, 11) is -3.16. The Balaban J connectivity index is 1.76. The second-order valence-corrected chi connectivity index (χ2v) is 8.09. The number of sulfonamides is 1. The molecule has 0 atom stereocenters. The average molecular weight is 288 g/mol. The first kappa shape index (κ1) is 14.0. The second kappa shape index (κ2) is 5.69. The van der Waals surface area contributed by atoms with Crippen molar-refractivity contribution in [1.82, 2.24) is 10.0 Å². The SMILES string of the molecule is Cc1cc(CNS(=O)(=O)CCNC2CC2)sc1C. The van der Waals surface area contributed by atoms with E-state index in [0.29, 0.717) is 19.1 Å². The number of rotatable bonds is 7. The Bertz CT molecular complexity index is 485. The van der Waals surface area contributed by atoms with Crippen LogP contribution in [0.1, 0.15) is 28.2 Å². The molecule has 4 nitrogen and oxygen atoms in total. The molecule has 2 N–H and O–H groups in total.